The average molecular weight is 344 g/mol. The molecule has 0 aromatic heterocycles. The minimum Gasteiger partial charge on any atom is -0.322 e. The van der Waals surface area contributed by atoms with Crippen LogP contribution in [0.25, 0.3) is 0 Å². The van der Waals surface area contributed by atoms with Crippen molar-refractivity contribution in [3.63, 3.8) is 0 Å². The van der Waals surface area contributed by atoms with E-state index in [0.29, 0.717) is 12.8 Å². The predicted molar refractivity (Wildman–Crippen MR) is 83.1 cm³/mol. The Balaban J connectivity index is 2.05. The molecule has 0 atom stereocenters. The predicted octanol–water partition coefficient (Wildman–Crippen LogP) is 2.59. The molecular formula is C15H18F2N2O3S. The number of unbranched alkanes of at least 4 members (excludes halogenated alkanes) is 1. The number of amides is 1. The third-order valence-electron chi connectivity index (χ3n) is 4.48. The highest BCUT2D eigenvalue weighted by Gasteiger charge is 2.56. The van der Waals surface area contributed by atoms with Crippen molar-refractivity contribution in [2.24, 2.45) is 0 Å². The van der Waals surface area contributed by atoms with Crippen molar-refractivity contribution < 1.29 is 22.0 Å². The highest BCUT2D eigenvalue weighted by molar-refractivity contribution is 7.92. The first kappa shape index (κ1) is 16.2. The Hall–Kier alpha value is -1.70. The number of alkyl halides is 1. The molecule has 1 aliphatic carbocycles. The zero-order valence-electron chi connectivity index (χ0n) is 12.5. The molecule has 0 saturated heterocycles. The minimum atomic E-state index is -3.80. The van der Waals surface area contributed by atoms with Gasteiger partial charge in [0.25, 0.3) is 5.91 Å². The van der Waals surface area contributed by atoms with E-state index in [1.54, 1.807) is 0 Å². The number of nitrogens with zero attached hydrogens (tertiary/aromatic N) is 1. The summed E-state index contributed by atoms with van der Waals surface area (Å²) in [5.74, 6) is -1.21. The molecule has 1 amide bonds. The Morgan fingerprint density at radius 1 is 1.26 bits per heavy atom. The van der Waals surface area contributed by atoms with Gasteiger partial charge in [-0.1, -0.05) is 0 Å². The maximum absolute atomic E-state index is 13.4. The first-order valence-electron chi connectivity index (χ1n) is 7.61. The monoisotopic (exact) mass is 344 g/mol. The maximum atomic E-state index is 13.4. The second kappa shape index (κ2) is 5.74. The van der Waals surface area contributed by atoms with Crippen LogP contribution in [0.3, 0.4) is 0 Å². The second-order valence-corrected chi connectivity index (χ2v) is 7.91. The third kappa shape index (κ3) is 2.58. The number of carbonyl (C=O) groups is 1. The van der Waals surface area contributed by atoms with Crippen molar-refractivity contribution in [2.45, 2.75) is 37.6 Å². The molecule has 1 fully saturated rings. The lowest BCUT2D eigenvalue weighted by Gasteiger charge is -2.51. The molecular weight excluding hydrogens is 326 g/mol. The SMILES string of the molecule is O=C1Nc2cc(F)ccc2N(S(=O)(=O)CCCCF)C12CCC2. The van der Waals surface area contributed by atoms with Crippen molar-refractivity contribution in [3.8, 4) is 0 Å². The Bertz CT molecular complexity index is 732. The third-order valence-corrected chi connectivity index (χ3v) is 6.39. The average Bonchev–Trinajstić information content (AvgIpc) is 2.43. The molecule has 5 nitrogen and oxygen atoms in total. The summed E-state index contributed by atoms with van der Waals surface area (Å²) in [6, 6.07) is 3.66. The van der Waals surface area contributed by atoms with E-state index >= 15 is 0 Å². The number of nitrogens with one attached hydrogen (secondary N) is 1. The molecule has 3 rings (SSSR count). The number of hydrogen-bond donors (Lipinski definition) is 1. The Labute approximate surface area is 133 Å². The lowest BCUT2D eigenvalue weighted by Crippen LogP contribution is -2.65. The van der Waals surface area contributed by atoms with Gasteiger partial charge >= 0.3 is 0 Å². The van der Waals surface area contributed by atoms with Gasteiger partial charge < -0.3 is 5.32 Å². The zero-order valence-corrected chi connectivity index (χ0v) is 13.3. The smallest absolute Gasteiger partial charge is 0.251 e. The van der Waals surface area contributed by atoms with Crippen molar-refractivity contribution >= 4 is 27.3 Å². The highest BCUT2D eigenvalue weighted by atomic mass is 32.2. The number of rotatable bonds is 5. The van der Waals surface area contributed by atoms with Crippen molar-refractivity contribution in [3.05, 3.63) is 24.0 Å². The quantitative estimate of drug-likeness (QED) is 0.835. The molecule has 8 heteroatoms. The first-order chi connectivity index (χ1) is 10.9. The van der Waals surface area contributed by atoms with Gasteiger partial charge in [0.2, 0.25) is 10.0 Å². The fraction of sp³-hybridized carbons (Fsp3) is 0.533. The molecule has 0 unspecified atom stereocenters. The van der Waals surface area contributed by atoms with Gasteiger partial charge in [-0.25, -0.2) is 12.8 Å². The molecule has 1 N–H and O–H groups in total. The normalized spacial score (nSPS) is 19.2. The molecule has 1 aromatic carbocycles. The number of fused-ring (bicyclic) bond motifs is 1. The number of halogens is 2. The number of carbonyl (C=O) groups excluding carboxylic acids is 1. The fourth-order valence-electron chi connectivity index (χ4n) is 3.18. The van der Waals surface area contributed by atoms with Crippen LogP contribution in [0.4, 0.5) is 20.2 Å². The van der Waals surface area contributed by atoms with E-state index < -0.39 is 34.0 Å². The van der Waals surface area contributed by atoms with Gasteiger partial charge in [-0.15, -0.1) is 0 Å². The van der Waals surface area contributed by atoms with E-state index in [-0.39, 0.29) is 30.0 Å². The molecule has 1 heterocycles. The molecule has 1 spiro atoms. The molecule has 23 heavy (non-hydrogen) atoms. The number of anilines is 2. The van der Waals surface area contributed by atoms with Crippen LogP contribution < -0.4 is 9.62 Å². The van der Waals surface area contributed by atoms with E-state index in [1.807, 2.05) is 0 Å². The summed E-state index contributed by atoms with van der Waals surface area (Å²) >= 11 is 0. The minimum absolute atomic E-state index is 0.154. The van der Waals surface area contributed by atoms with Crippen LogP contribution >= 0.6 is 0 Å². The van der Waals surface area contributed by atoms with Crippen LogP contribution in [-0.2, 0) is 14.8 Å². The van der Waals surface area contributed by atoms with E-state index in [9.17, 15) is 22.0 Å². The van der Waals surface area contributed by atoms with Crippen LogP contribution in [0.1, 0.15) is 32.1 Å². The largest absolute Gasteiger partial charge is 0.322 e. The van der Waals surface area contributed by atoms with Crippen LogP contribution in [0.15, 0.2) is 18.2 Å². The van der Waals surface area contributed by atoms with Gasteiger partial charge in [-0.2, -0.15) is 0 Å². The molecule has 2 aliphatic rings. The first-order valence-corrected chi connectivity index (χ1v) is 9.22. The Kier molecular flexibility index (Phi) is 4.03. The van der Waals surface area contributed by atoms with Crippen LogP contribution in [0.2, 0.25) is 0 Å². The van der Waals surface area contributed by atoms with Crippen molar-refractivity contribution in [1.82, 2.24) is 0 Å². The Morgan fingerprint density at radius 2 is 2.00 bits per heavy atom. The summed E-state index contributed by atoms with van der Waals surface area (Å²) in [7, 11) is -3.80. The molecule has 0 radical (unpaired) electrons. The summed E-state index contributed by atoms with van der Waals surface area (Å²) in [5, 5.41) is 2.62. The molecule has 126 valence electrons. The summed E-state index contributed by atoms with van der Waals surface area (Å²) in [4.78, 5) is 12.5. The number of sulfonamides is 1. The standard InChI is InChI=1S/C15H18F2N2O3S/c16-8-1-2-9-23(21,22)19-13-5-4-11(17)10-12(13)18-14(20)15(19)6-3-7-15/h4-5,10H,1-3,6-9H2,(H,18,20). The number of benzene rings is 1. The summed E-state index contributed by atoms with van der Waals surface area (Å²) in [6.07, 6.45) is 1.95. The van der Waals surface area contributed by atoms with Gasteiger partial charge in [-0.05, 0) is 50.3 Å². The fourth-order valence-corrected chi connectivity index (χ4v) is 5.18. The summed E-state index contributed by atoms with van der Waals surface area (Å²) in [5.41, 5.74) is -0.688. The van der Waals surface area contributed by atoms with Gasteiger partial charge in [0.15, 0.2) is 0 Å². The van der Waals surface area contributed by atoms with E-state index in [2.05, 4.69) is 5.32 Å². The maximum Gasteiger partial charge on any atom is 0.251 e. The van der Waals surface area contributed by atoms with Crippen molar-refractivity contribution in [1.29, 1.82) is 0 Å². The van der Waals surface area contributed by atoms with Gasteiger partial charge in [0, 0.05) is 0 Å². The Morgan fingerprint density at radius 3 is 2.61 bits per heavy atom. The van der Waals surface area contributed by atoms with E-state index in [1.165, 1.54) is 12.1 Å². The lowest BCUT2D eigenvalue weighted by atomic mass is 9.74. The zero-order chi connectivity index (χ0) is 16.7. The number of hydrogen-bond acceptors (Lipinski definition) is 3. The van der Waals surface area contributed by atoms with Gasteiger partial charge in [0.05, 0.1) is 23.8 Å². The van der Waals surface area contributed by atoms with E-state index in [4.69, 9.17) is 0 Å². The lowest BCUT2D eigenvalue weighted by molar-refractivity contribution is -0.123. The molecule has 1 saturated carbocycles. The van der Waals surface area contributed by atoms with E-state index in [0.717, 1.165) is 16.8 Å². The summed E-state index contributed by atoms with van der Waals surface area (Å²) in [6.45, 7) is -0.580. The van der Waals surface area contributed by atoms with Crippen LogP contribution in [0.5, 0.6) is 0 Å². The second-order valence-electron chi connectivity index (χ2n) is 5.98. The van der Waals surface area contributed by atoms with Crippen molar-refractivity contribution in [2.75, 3.05) is 22.0 Å². The van der Waals surface area contributed by atoms with Crippen LogP contribution in [-0.4, -0.2) is 32.3 Å². The molecule has 1 aromatic rings. The van der Waals surface area contributed by atoms with Crippen LogP contribution in [0, 0.1) is 5.82 Å². The topological polar surface area (TPSA) is 66.5 Å². The van der Waals surface area contributed by atoms with Gasteiger partial charge in [-0.3, -0.25) is 13.5 Å². The van der Waals surface area contributed by atoms with Gasteiger partial charge in [0.1, 0.15) is 11.4 Å². The molecule has 1 aliphatic heterocycles. The molecule has 0 bridgehead atoms. The highest BCUT2D eigenvalue weighted by Crippen LogP contribution is 2.48. The summed E-state index contributed by atoms with van der Waals surface area (Å²) < 4.78 is 52.4.